The van der Waals surface area contributed by atoms with Gasteiger partial charge in [0.05, 0.1) is 0 Å². The molecule has 0 aromatic heterocycles. The average Bonchev–Trinajstić information content (AvgIpc) is 2.07. The van der Waals surface area contributed by atoms with Gasteiger partial charge in [0.25, 0.3) is 0 Å². The molecule has 1 rings (SSSR count). The lowest BCUT2D eigenvalue weighted by molar-refractivity contribution is 0.449. The van der Waals surface area contributed by atoms with Gasteiger partial charge in [0.1, 0.15) is 5.69 Å². The van der Waals surface area contributed by atoms with Gasteiger partial charge in [-0.05, 0) is 12.1 Å². The van der Waals surface area contributed by atoms with Crippen LogP contribution in [0.4, 0.5) is 18.9 Å². The Morgan fingerprint density at radius 2 is 1.83 bits per heavy atom. The van der Waals surface area contributed by atoms with Gasteiger partial charge in [-0.3, -0.25) is 0 Å². The van der Waals surface area contributed by atoms with Gasteiger partial charge in [-0.2, -0.15) is 8.57 Å². The third kappa shape index (κ3) is 1.53. The Morgan fingerprint density at radius 3 is 2.42 bits per heavy atom. The molecule has 12 heavy (non-hydrogen) atoms. The van der Waals surface area contributed by atoms with Gasteiger partial charge < -0.3 is 0 Å². The highest BCUT2D eigenvalue weighted by molar-refractivity contribution is 7.54. The third-order valence-electron chi connectivity index (χ3n) is 1.15. The van der Waals surface area contributed by atoms with Crippen molar-refractivity contribution in [1.29, 1.82) is 0 Å². The maximum absolute atomic E-state index is 12.6. The molecule has 0 aliphatic rings. The number of nitrogens with zero attached hydrogens (tertiary/aromatic N) is 1. The van der Waals surface area contributed by atoms with Gasteiger partial charge >= 0.3 is 0 Å². The molecule has 0 spiro atoms. The molecule has 0 saturated heterocycles. The minimum atomic E-state index is -1.62. The molecule has 0 aliphatic heterocycles. The summed E-state index contributed by atoms with van der Waals surface area (Å²) in [6, 6.07) is 1.59. The van der Waals surface area contributed by atoms with Gasteiger partial charge in [0, 0.05) is 0 Å². The molecule has 64 valence electrons. The topological polar surface area (TPSA) is 29.4 Å². The normalized spacial score (nSPS) is 9.58. The van der Waals surface area contributed by atoms with Crippen molar-refractivity contribution in [2.24, 2.45) is 4.36 Å². The van der Waals surface area contributed by atoms with E-state index in [0.717, 1.165) is 6.07 Å². The molecule has 0 unspecified atom stereocenters. The molecule has 1 aromatic carbocycles. The van der Waals surface area contributed by atoms with Crippen LogP contribution in [0, 0.1) is 17.5 Å². The largest absolute Gasteiger partial charge is 0.205 e. The zero-order valence-electron chi connectivity index (χ0n) is 5.55. The second kappa shape index (κ2) is 3.48. The highest BCUT2D eigenvalue weighted by Crippen LogP contribution is 2.21. The van der Waals surface area contributed by atoms with Crippen molar-refractivity contribution in [3.63, 3.8) is 0 Å². The molecule has 0 amide bonds. The molecule has 0 bridgehead atoms. The van der Waals surface area contributed by atoms with Gasteiger partial charge in [-0.15, -0.1) is 0 Å². The monoisotopic (exact) mass is 193 g/mol. The summed E-state index contributed by atoms with van der Waals surface area (Å²) < 4.78 is 50.0. The Hall–Kier alpha value is -1.17. The van der Waals surface area contributed by atoms with Crippen LogP contribution in [0.3, 0.4) is 0 Å². The quantitative estimate of drug-likeness (QED) is 0.628. The van der Waals surface area contributed by atoms with Crippen LogP contribution in [0.15, 0.2) is 16.5 Å². The van der Waals surface area contributed by atoms with Gasteiger partial charge in [0.15, 0.2) is 17.5 Å². The molecule has 6 heteroatoms. The number of rotatable bonds is 1. The summed E-state index contributed by atoms with van der Waals surface area (Å²) in [5.74, 6) is -4.37. The van der Waals surface area contributed by atoms with Crippen LogP contribution in [-0.2, 0) is 11.5 Å². The first-order valence-corrected chi connectivity index (χ1v) is 3.50. The van der Waals surface area contributed by atoms with E-state index in [9.17, 15) is 17.4 Å². The summed E-state index contributed by atoms with van der Waals surface area (Å²) in [5.41, 5.74) is -0.492. The Labute approximate surface area is 69.3 Å². The lowest BCUT2D eigenvalue weighted by Crippen LogP contribution is -1.89. The van der Waals surface area contributed by atoms with Crippen LogP contribution in [0.5, 0.6) is 0 Å². The maximum Gasteiger partial charge on any atom is 0.205 e. The van der Waals surface area contributed by atoms with Crippen molar-refractivity contribution in [1.82, 2.24) is 0 Å². The second-order valence-electron chi connectivity index (χ2n) is 1.86. The Balaban J connectivity index is 3.35. The number of hydrogen-bond acceptors (Lipinski definition) is 2. The minimum absolute atomic E-state index is 0.271. The second-order valence-corrected chi connectivity index (χ2v) is 2.19. The minimum Gasteiger partial charge on any atom is -0.204 e. The smallest absolute Gasteiger partial charge is 0.204 e. The molecule has 0 aliphatic carbocycles. The van der Waals surface area contributed by atoms with Crippen molar-refractivity contribution < 1.29 is 17.4 Å². The average molecular weight is 193 g/mol. The zero-order chi connectivity index (χ0) is 9.14. The Kier molecular flexibility index (Phi) is 2.59. The van der Waals surface area contributed by atoms with E-state index in [4.69, 9.17) is 0 Å². The summed E-state index contributed by atoms with van der Waals surface area (Å²) in [6.45, 7) is 0. The van der Waals surface area contributed by atoms with E-state index in [1.807, 2.05) is 0 Å². The van der Waals surface area contributed by atoms with Gasteiger partial charge in [-0.25, -0.2) is 13.2 Å². The van der Waals surface area contributed by atoms with Crippen LogP contribution >= 0.6 is 0 Å². The molecule has 0 saturated carbocycles. The standard InChI is InChI=1S/C6H2F3NOS/c7-3-1-2-4(10-12-11)6(9)5(3)8/h1-2H. The van der Waals surface area contributed by atoms with E-state index in [0.29, 0.717) is 6.07 Å². The zero-order valence-corrected chi connectivity index (χ0v) is 6.37. The first kappa shape index (κ1) is 8.92. The summed E-state index contributed by atoms with van der Waals surface area (Å²) in [6.07, 6.45) is 0. The molecule has 0 fully saturated rings. The van der Waals surface area contributed by atoms with Gasteiger partial charge in [-0.1, -0.05) is 0 Å². The predicted octanol–water partition coefficient (Wildman–Crippen LogP) is 2.13. The van der Waals surface area contributed by atoms with Crippen LogP contribution in [0.1, 0.15) is 0 Å². The fraction of sp³-hybridized carbons (Fsp3) is 0. The maximum atomic E-state index is 12.6. The summed E-state index contributed by atoms with van der Waals surface area (Å²) in [7, 11) is 0. The van der Waals surface area contributed by atoms with E-state index in [1.165, 1.54) is 0 Å². The van der Waals surface area contributed by atoms with E-state index in [1.54, 1.807) is 0 Å². The molecule has 0 atom stereocenters. The van der Waals surface area contributed by atoms with Crippen LogP contribution in [0.25, 0.3) is 0 Å². The molecule has 0 radical (unpaired) electrons. The fourth-order valence-corrected chi connectivity index (χ4v) is 0.848. The number of hydrogen-bond donors (Lipinski definition) is 0. The van der Waals surface area contributed by atoms with Crippen LogP contribution in [0.2, 0.25) is 0 Å². The van der Waals surface area contributed by atoms with E-state index in [2.05, 4.69) is 4.36 Å². The molecule has 2 nitrogen and oxygen atoms in total. The first-order chi connectivity index (χ1) is 5.66. The lowest BCUT2D eigenvalue weighted by Gasteiger charge is -1.95. The SMILES string of the molecule is O=S=Nc1ccc(F)c(F)c1F. The Bertz CT molecular complexity index is 362. The highest BCUT2D eigenvalue weighted by atomic mass is 32.1. The van der Waals surface area contributed by atoms with Crippen molar-refractivity contribution in [3.8, 4) is 0 Å². The molecule has 0 heterocycles. The van der Waals surface area contributed by atoms with E-state index >= 15 is 0 Å². The molecule has 0 N–H and O–H groups in total. The number of halogens is 3. The fourth-order valence-electron chi connectivity index (χ4n) is 0.626. The van der Waals surface area contributed by atoms with Crippen molar-refractivity contribution in [2.45, 2.75) is 0 Å². The van der Waals surface area contributed by atoms with Crippen molar-refractivity contribution in [2.75, 3.05) is 0 Å². The third-order valence-corrected chi connectivity index (χ3v) is 1.42. The highest BCUT2D eigenvalue weighted by Gasteiger charge is 2.12. The van der Waals surface area contributed by atoms with E-state index in [-0.39, 0.29) is 11.5 Å². The van der Waals surface area contributed by atoms with Crippen LogP contribution in [-0.4, -0.2) is 4.21 Å². The first-order valence-electron chi connectivity index (χ1n) is 2.80. The molecule has 1 aromatic rings. The Morgan fingerprint density at radius 1 is 1.17 bits per heavy atom. The lowest BCUT2D eigenvalue weighted by atomic mass is 10.3. The molecular formula is C6H2F3NOS. The van der Waals surface area contributed by atoms with Crippen molar-refractivity contribution >= 4 is 17.2 Å². The van der Waals surface area contributed by atoms with Gasteiger partial charge in [0.2, 0.25) is 11.5 Å². The molecular weight excluding hydrogens is 191 g/mol. The summed E-state index contributed by atoms with van der Waals surface area (Å²) >= 11 is -0.271. The summed E-state index contributed by atoms with van der Waals surface area (Å²) in [5, 5.41) is 0. The van der Waals surface area contributed by atoms with Crippen molar-refractivity contribution in [3.05, 3.63) is 29.6 Å². The summed E-state index contributed by atoms with van der Waals surface area (Å²) in [4.78, 5) is 0. The predicted molar refractivity (Wildman–Crippen MR) is 36.5 cm³/mol. The number of benzene rings is 1. The van der Waals surface area contributed by atoms with Crippen LogP contribution < -0.4 is 0 Å². The van der Waals surface area contributed by atoms with E-state index < -0.39 is 23.1 Å².